The molecule has 4 heteroatoms. The lowest BCUT2D eigenvalue weighted by Gasteiger charge is -2.17. The first-order chi connectivity index (χ1) is 7.87. The third-order valence-corrected chi connectivity index (χ3v) is 2.24. The Balaban J connectivity index is 2.31. The maximum absolute atomic E-state index is 11.5. The molecular formula is C13H20N2O2. The van der Waals surface area contributed by atoms with Gasteiger partial charge in [0.2, 0.25) is 11.8 Å². The van der Waals surface area contributed by atoms with Gasteiger partial charge in [0.15, 0.2) is 0 Å². The van der Waals surface area contributed by atoms with Gasteiger partial charge in [-0.15, -0.1) is 0 Å². The fourth-order valence-electron chi connectivity index (χ4n) is 1.51. The predicted molar refractivity (Wildman–Crippen MR) is 66.7 cm³/mol. The summed E-state index contributed by atoms with van der Waals surface area (Å²) in [5.74, 6) is 0.0827. The van der Waals surface area contributed by atoms with Crippen LogP contribution in [0.25, 0.3) is 0 Å². The largest absolute Gasteiger partial charge is 0.493 e. The summed E-state index contributed by atoms with van der Waals surface area (Å²) in [6.45, 7) is 6.69. The van der Waals surface area contributed by atoms with Crippen LogP contribution in [-0.2, 0) is 11.2 Å². The Hall–Kier alpha value is -1.58. The van der Waals surface area contributed by atoms with Crippen molar-refractivity contribution in [3.8, 4) is 5.88 Å². The molecule has 1 aromatic heterocycles. The Bertz CT molecular complexity index is 383. The quantitative estimate of drug-likeness (QED) is 0.839. The molecule has 1 aromatic rings. The highest BCUT2D eigenvalue weighted by atomic mass is 16.3. The second kappa shape index (κ2) is 5.66. The number of amides is 1. The van der Waals surface area contributed by atoms with E-state index in [1.807, 2.05) is 26.8 Å². The van der Waals surface area contributed by atoms with Crippen LogP contribution in [0.5, 0.6) is 5.88 Å². The summed E-state index contributed by atoms with van der Waals surface area (Å²) in [5, 5.41) is 12.0. The van der Waals surface area contributed by atoms with E-state index in [0.717, 1.165) is 5.56 Å². The standard InChI is InChI=1S/C13H20N2O2/c1-13(2,3)9-12(17)15-7-5-10-4-6-14-11(16)8-10/h4,6,8H,5,7,9H2,1-3H3,(H,14,16)(H,15,17). The van der Waals surface area contributed by atoms with Crippen molar-refractivity contribution in [3.05, 3.63) is 23.9 Å². The third kappa shape index (κ3) is 5.90. The van der Waals surface area contributed by atoms with Crippen LogP contribution in [-0.4, -0.2) is 22.5 Å². The van der Waals surface area contributed by atoms with Gasteiger partial charge in [0.05, 0.1) is 0 Å². The predicted octanol–water partition coefficient (Wildman–Crippen LogP) is 1.88. The highest BCUT2D eigenvalue weighted by molar-refractivity contribution is 5.76. The first-order valence-electron chi connectivity index (χ1n) is 5.77. The number of hydrogen-bond donors (Lipinski definition) is 2. The normalized spacial score (nSPS) is 11.2. The molecule has 0 fully saturated rings. The minimum Gasteiger partial charge on any atom is -0.493 e. The molecule has 1 heterocycles. The number of pyridine rings is 1. The van der Waals surface area contributed by atoms with Gasteiger partial charge in [-0.05, 0) is 23.5 Å². The lowest BCUT2D eigenvalue weighted by Crippen LogP contribution is -2.29. The summed E-state index contributed by atoms with van der Waals surface area (Å²) in [5.41, 5.74) is 0.979. The molecular weight excluding hydrogens is 216 g/mol. The molecule has 0 radical (unpaired) electrons. The molecule has 0 spiro atoms. The van der Waals surface area contributed by atoms with Gasteiger partial charge < -0.3 is 10.4 Å². The zero-order chi connectivity index (χ0) is 12.9. The number of aromatic hydroxyl groups is 1. The number of nitrogens with one attached hydrogen (secondary N) is 1. The first-order valence-corrected chi connectivity index (χ1v) is 5.77. The third-order valence-electron chi connectivity index (χ3n) is 2.24. The molecule has 0 unspecified atom stereocenters. The number of aromatic nitrogens is 1. The van der Waals surface area contributed by atoms with Crippen molar-refractivity contribution < 1.29 is 9.90 Å². The average molecular weight is 236 g/mol. The molecule has 0 atom stereocenters. The van der Waals surface area contributed by atoms with Crippen LogP contribution in [0, 0.1) is 5.41 Å². The molecule has 4 nitrogen and oxygen atoms in total. The van der Waals surface area contributed by atoms with Crippen molar-refractivity contribution in [3.63, 3.8) is 0 Å². The van der Waals surface area contributed by atoms with E-state index in [1.165, 1.54) is 0 Å². The molecule has 0 saturated heterocycles. The van der Waals surface area contributed by atoms with Crippen LogP contribution in [0.1, 0.15) is 32.8 Å². The minimum atomic E-state index is 0.0129. The van der Waals surface area contributed by atoms with Crippen molar-refractivity contribution in [2.24, 2.45) is 5.41 Å². The summed E-state index contributed by atoms with van der Waals surface area (Å²) in [6.07, 6.45) is 2.78. The van der Waals surface area contributed by atoms with Crippen molar-refractivity contribution in [2.45, 2.75) is 33.6 Å². The smallest absolute Gasteiger partial charge is 0.220 e. The molecule has 1 rings (SSSR count). The number of nitrogens with zero attached hydrogens (tertiary/aromatic N) is 1. The molecule has 0 aliphatic carbocycles. The van der Waals surface area contributed by atoms with E-state index in [-0.39, 0.29) is 17.2 Å². The van der Waals surface area contributed by atoms with E-state index in [9.17, 15) is 9.90 Å². The zero-order valence-electron chi connectivity index (χ0n) is 10.7. The van der Waals surface area contributed by atoms with Crippen molar-refractivity contribution in [1.82, 2.24) is 10.3 Å². The lowest BCUT2D eigenvalue weighted by atomic mass is 9.92. The van der Waals surface area contributed by atoms with Crippen LogP contribution < -0.4 is 5.32 Å². The number of rotatable bonds is 4. The molecule has 0 bridgehead atoms. The fourth-order valence-corrected chi connectivity index (χ4v) is 1.51. The van der Waals surface area contributed by atoms with Gasteiger partial charge in [0.1, 0.15) is 0 Å². The number of carbonyl (C=O) groups is 1. The second-order valence-corrected chi connectivity index (χ2v) is 5.36. The summed E-state index contributed by atoms with van der Waals surface area (Å²) < 4.78 is 0. The molecule has 0 aliphatic rings. The van der Waals surface area contributed by atoms with E-state index in [4.69, 9.17) is 0 Å². The molecule has 1 amide bonds. The highest BCUT2D eigenvalue weighted by Crippen LogP contribution is 2.17. The Morgan fingerprint density at radius 2 is 2.18 bits per heavy atom. The summed E-state index contributed by atoms with van der Waals surface area (Å²) in [7, 11) is 0. The molecule has 2 N–H and O–H groups in total. The highest BCUT2D eigenvalue weighted by Gasteiger charge is 2.15. The number of hydrogen-bond acceptors (Lipinski definition) is 3. The minimum absolute atomic E-state index is 0.0129. The van der Waals surface area contributed by atoms with E-state index in [0.29, 0.717) is 19.4 Å². The van der Waals surface area contributed by atoms with Gasteiger partial charge in [-0.3, -0.25) is 4.79 Å². The van der Waals surface area contributed by atoms with E-state index >= 15 is 0 Å². The topological polar surface area (TPSA) is 62.2 Å². The molecule has 0 aliphatic heterocycles. The van der Waals surface area contributed by atoms with Crippen molar-refractivity contribution >= 4 is 5.91 Å². The van der Waals surface area contributed by atoms with Gasteiger partial charge in [0.25, 0.3) is 0 Å². The summed E-state index contributed by atoms with van der Waals surface area (Å²) in [6, 6.07) is 3.44. The maximum Gasteiger partial charge on any atom is 0.220 e. The van der Waals surface area contributed by atoms with Gasteiger partial charge in [0, 0.05) is 25.2 Å². The SMILES string of the molecule is CC(C)(C)CC(=O)NCCc1ccnc(O)c1. The molecule has 0 saturated carbocycles. The van der Waals surface area contributed by atoms with Crippen LogP contribution in [0.2, 0.25) is 0 Å². The molecule has 0 aromatic carbocycles. The monoisotopic (exact) mass is 236 g/mol. The summed E-state index contributed by atoms with van der Waals surface area (Å²) >= 11 is 0. The Morgan fingerprint density at radius 3 is 2.76 bits per heavy atom. The Labute approximate surface area is 102 Å². The van der Waals surface area contributed by atoms with Crippen LogP contribution >= 0.6 is 0 Å². The van der Waals surface area contributed by atoms with E-state index in [1.54, 1.807) is 12.3 Å². The molecule has 94 valence electrons. The lowest BCUT2D eigenvalue weighted by molar-refractivity contribution is -0.122. The Kier molecular flexibility index (Phi) is 4.49. The van der Waals surface area contributed by atoms with Crippen LogP contribution in [0.3, 0.4) is 0 Å². The van der Waals surface area contributed by atoms with Gasteiger partial charge >= 0.3 is 0 Å². The van der Waals surface area contributed by atoms with Gasteiger partial charge in [-0.25, -0.2) is 4.98 Å². The van der Waals surface area contributed by atoms with Crippen LogP contribution in [0.15, 0.2) is 18.3 Å². The van der Waals surface area contributed by atoms with Crippen LogP contribution in [0.4, 0.5) is 0 Å². The summed E-state index contributed by atoms with van der Waals surface area (Å²) in [4.78, 5) is 15.2. The van der Waals surface area contributed by atoms with Crippen molar-refractivity contribution in [1.29, 1.82) is 0 Å². The maximum atomic E-state index is 11.5. The zero-order valence-corrected chi connectivity index (χ0v) is 10.7. The van der Waals surface area contributed by atoms with Gasteiger partial charge in [-0.1, -0.05) is 20.8 Å². The second-order valence-electron chi connectivity index (χ2n) is 5.36. The first kappa shape index (κ1) is 13.5. The van der Waals surface area contributed by atoms with Crippen molar-refractivity contribution in [2.75, 3.05) is 6.54 Å². The Morgan fingerprint density at radius 1 is 1.47 bits per heavy atom. The average Bonchev–Trinajstić information content (AvgIpc) is 2.14. The van der Waals surface area contributed by atoms with Gasteiger partial charge in [-0.2, -0.15) is 0 Å². The van der Waals surface area contributed by atoms with E-state index in [2.05, 4.69) is 10.3 Å². The number of carbonyl (C=O) groups excluding carboxylic acids is 1. The van der Waals surface area contributed by atoms with E-state index < -0.39 is 0 Å². The fraction of sp³-hybridized carbons (Fsp3) is 0.538. The molecule has 17 heavy (non-hydrogen) atoms.